The van der Waals surface area contributed by atoms with Gasteiger partial charge < -0.3 is 15.6 Å². The van der Waals surface area contributed by atoms with Crippen molar-refractivity contribution in [2.24, 2.45) is 0 Å². The van der Waals surface area contributed by atoms with Crippen molar-refractivity contribution in [1.29, 1.82) is 0 Å². The molecule has 0 aliphatic carbocycles. The topological polar surface area (TPSA) is 114 Å². The molecule has 0 aliphatic rings. The Bertz CT molecular complexity index is 933. The number of aromatic amines is 1. The van der Waals surface area contributed by atoms with Gasteiger partial charge in [0.05, 0.1) is 17.3 Å². The van der Waals surface area contributed by atoms with E-state index in [1.165, 1.54) is 0 Å². The molecule has 8 heteroatoms. The Morgan fingerprint density at radius 1 is 1.17 bits per heavy atom. The molecule has 0 unspecified atom stereocenters. The monoisotopic (exact) mass is 311 g/mol. The maximum absolute atomic E-state index is 12.2. The summed E-state index contributed by atoms with van der Waals surface area (Å²) in [6, 6.07) is 5.57. The second-order valence-electron chi connectivity index (χ2n) is 5.51. The van der Waals surface area contributed by atoms with Crippen molar-refractivity contribution in [2.45, 2.75) is 13.3 Å². The van der Waals surface area contributed by atoms with Crippen LogP contribution < -0.4 is 16.2 Å². The van der Waals surface area contributed by atoms with Crippen LogP contribution in [0.15, 0.2) is 23.0 Å². The van der Waals surface area contributed by atoms with Gasteiger partial charge in [-0.3, -0.25) is 4.79 Å². The largest absolute Gasteiger partial charge is 0.368 e. The molecule has 0 saturated heterocycles. The average Bonchev–Trinajstić information content (AvgIpc) is 2.47. The summed E-state index contributed by atoms with van der Waals surface area (Å²) >= 11 is 0. The number of nitrogens with one attached hydrogen (secondary N) is 1. The van der Waals surface area contributed by atoms with Crippen LogP contribution in [-0.4, -0.2) is 39.0 Å². The summed E-state index contributed by atoms with van der Waals surface area (Å²) in [5, 5.41) is 0.567. The summed E-state index contributed by atoms with van der Waals surface area (Å²) in [6.07, 6.45) is 0.270. The molecule has 3 aromatic rings. The maximum Gasteiger partial charge on any atom is 0.258 e. The van der Waals surface area contributed by atoms with Gasteiger partial charge in [0.15, 0.2) is 0 Å². The molecule has 2 aromatic heterocycles. The fourth-order valence-corrected chi connectivity index (χ4v) is 2.24. The first-order valence-electron chi connectivity index (χ1n) is 7.09. The normalized spacial score (nSPS) is 10.9. The smallest absolute Gasteiger partial charge is 0.258 e. The standard InChI is InChI=1S/C15H17N7O/c1-8-4-5-10-9(6-8)13(23)18-11(17-10)7-12-19-14(16)21-15(20-12)22(2)3/h4-6H,7H2,1-3H3,(H,17,18,23)(H2,16,19,20,21). The van der Waals surface area contributed by atoms with Crippen LogP contribution in [0.5, 0.6) is 0 Å². The van der Waals surface area contributed by atoms with Gasteiger partial charge in [-0.1, -0.05) is 11.6 Å². The zero-order valence-electron chi connectivity index (χ0n) is 13.2. The Morgan fingerprint density at radius 2 is 1.96 bits per heavy atom. The highest BCUT2D eigenvalue weighted by Crippen LogP contribution is 2.12. The lowest BCUT2D eigenvalue weighted by Crippen LogP contribution is -2.17. The van der Waals surface area contributed by atoms with E-state index >= 15 is 0 Å². The minimum Gasteiger partial charge on any atom is -0.368 e. The van der Waals surface area contributed by atoms with E-state index in [1.807, 2.05) is 39.2 Å². The molecule has 0 spiro atoms. The van der Waals surface area contributed by atoms with Gasteiger partial charge in [0.1, 0.15) is 11.6 Å². The molecule has 3 rings (SSSR count). The zero-order valence-corrected chi connectivity index (χ0v) is 13.2. The number of nitrogens with two attached hydrogens (primary N) is 1. The Labute approximate surface area is 132 Å². The quantitative estimate of drug-likeness (QED) is 0.730. The summed E-state index contributed by atoms with van der Waals surface area (Å²) in [5.41, 5.74) is 7.18. The van der Waals surface area contributed by atoms with Crippen LogP contribution in [0.4, 0.5) is 11.9 Å². The summed E-state index contributed by atoms with van der Waals surface area (Å²) < 4.78 is 0. The van der Waals surface area contributed by atoms with Crippen molar-refractivity contribution >= 4 is 22.8 Å². The van der Waals surface area contributed by atoms with Gasteiger partial charge in [-0.2, -0.15) is 15.0 Å². The average molecular weight is 311 g/mol. The van der Waals surface area contributed by atoms with Crippen molar-refractivity contribution < 1.29 is 0 Å². The molecular weight excluding hydrogens is 294 g/mol. The molecule has 8 nitrogen and oxygen atoms in total. The Kier molecular flexibility index (Phi) is 3.65. The molecular formula is C15H17N7O. The second-order valence-corrected chi connectivity index (χ2v) is 5.51. The van der Waals surface area contributed by atoms with Gasteiger partial charge in [-0.15, -0.1) is 0 Å². The van der Waals surface area contributed by atoms with Gasteiger partial charge in [0.25, 0.3) is 5.56 Å². The number of hydrogen-bond acceptors (Lipinski definition) is 7. The highest BCUT2D eigenvalue weighted by atomic mass is 16.1. The summed E-state index contributed by atoms with van der Waals surface area (Å²) in [6.45, 7) is 1.93. The number of aryl methyl sites for hydroxylation is 1. The van der Waals surface area contributed by atoms with E-state index in [1.54, 1.807) is 4.90 Å². The SMILES string of the molecule is Cc1ccc2nc(Cc3nc(N)nc(N(C)C)n3)[nH]c(=O)c2c1. The number of nitrogens with zero attached hydrogens (tertiary/aromatic N) is 5. The first kappa shape index (κ1) is 14.9. The molecule has 0 aliphatic heterocycles. The van der Waals surface area contributed by atoms with E-state index in [0.29, 0.717) is 28.5 Å². The molecule has 0 atom stereocenters. The molecule has 23 heavy (non-hydrogen) atoms. The van der Waals surface area contributed by atoms with Crippen molar-refractivity contribution in [2.75, 3.05) is 24.7 Å². The van der Waals surface area contributed by atoms with E-state index < -0.39 is 0 Å². The van der Waals surface area contributed by atoms with E-state index in [2.05, 4.69) is 24.9 Å². The number of benzene rings is 1. The van der Waals surface area contributed by atoms with Crippen LogP contribution in [0, 0.1) is 6.92 Å². The van der Waals surface area contributed by atoms with Crippen LogP contribution in [0.2, 0.25) is 0 Å². The van der Waals surface area contributed by atoms with Crippen LogP contribution in [0.1, 0.15) is 17.2 Å². The third-order valence-corrected chi connectivity index (χ3v) is 3.32. The number of anilines is 2. The summed E-state index contributed by atoms with van der Waals surface area (Å²) in [4.78, 5) is 33.6. The van der Waals surface area contributed by atoms with Gasteiger partial charge in [0, 0.05) is 14.1 Å². The molecule has 0 fully saturated rings. The van der Waals surface area contributed by atoms with E-state index in [0.717, 1.165) is 5.56 Å². The third-order valence-electron chi connectivity index (χ3n) is 3.32. The van der Waals surface area contributed by atoms with Gasteiger partial charge in [0.2, 0.25) is 11.9 Å². The summed E-state index contributed by atoms with van der Waals surface area (Å²) in [5.74, 6) is 1.54. The highest BCUT2D eigenvalue weighted by molar-refractivity contribution is 5.78. The van der Waals surface area contributed by atoms with Crippen molar-refractivity contribution in [3.05, 3.63) is 45.8 Å². The van der Waals surface area contributed by atoms with Crippen molar-refractivity contribution in [3.63, 3.8) is 0 Å². The second kappa shape index (κ2) is 5.64. The Morgan fingerprint density at radius 3 is 2.70 bits per heavy atom. The van der Waals surface area contributed by atoms with E-state index in [-0.39, 0.29) is 17.9 Å². The lowest BCUT2D eigenvalue weighted by atomic mass is 10.1. The first-order valence-corrected chi connectivity index (χ1v) is 7.09. The number of rotatable bonds is 3. The van der Waals surface area contributed by atoms with Gasteiger partial charge >= 0.3 is 0 Å². The molecule has 0 amide bonds. The Hall–Kier alpha value is -3.03. The predicted octanol–water partition coefficient (Wildman–Crippen LogP) is 0.656. The molecule has 118 valence electrons. The minimum atomic E-state index is -0.177. The first-order chi connectivity index (χ1) is 10.9. The lowest BCUT2D eigenvalue weighted by Gasteiger charge is -2.11. The van der Waals surface area contributed by atoms with Crippen LogP contribution in [0.25, 0.3) is 10.9 Å². The van der Waals surface area contributed by atoms with E-state index in [9.17, 15) is 4.79 Å². The number of fused-ring (bicyclic) bond motifs is 1. The molecule has 0 bridgehead atoms. The zero-order chi connectivity index (χ0) is 16.6. The lowest BCUT2D eigenvalue weighted by molar-refractivity contribution is 0.855. The predicted molar refractivity (Wildman–Crippen MR) is 88.5 cm³/mol. The van der Waals surface area contributed by atoms with Crippen LogP contribution in [-0.2, 0) is 6.42 Å². The molecule has 0 radical (unpaired) electrons. The minimum absolute atomic E-state index is 0.137. The number of aromatic nitrogens is 5. The number of nitrogen functional groups attached to an aromatic ring is 1. The van der Waals surface area contributed by atoms with Gasteiger partial charge in [-0.25, -0.2) is 4.98 Å². The molecule has 0 saturated carbocycles. The number of hydrogen-bond donors (Lipinski definition) is 2. The van der Waals surface area contributed by atoms with Crippen molar-refractivity contribution in [3.8, 4) is 0 Å². The summed E-state index contributed by atoms with van der Waals surface area (Å²) in [7, 11) is 3.63. The van der Waals surface area contributed by atoms with Crippen LogP contribution >= 0.6 is 0 Å². The molecule has 2 heterocycles. The highest BCUT2D eigenvalue weighted by Gasteiger charge is 2.10. The maximum atomic E-state index is 12.2. The third kappa shape index (κ3) is 3.10. The Balaban J connectivity index is 2.02. The van der Waals surface area contributed by atoms with Gasteiger partial charge in [-0.05, 0) is 19.1 Å². The fourth-order valence-electron chi connectivity index (χ4n) is 2.24. The molecule has 1 aromatic carbocycles. The molecule has 3 N–H and O–H groups in total. The van der Waals surface area contributed by atoms with E-state index in [4.69, 9.17) is 5.73 Å². The van der Waals surface area contributed by atoms with Crippen LogP contribution in [0.3, 0.4) is 0 Å². The van der Waals surface area contributed by atoms with Crippen molar-refractivity contribution in [1.82, 2.24) is 24.9 Å². The number of H-pyrrole nitrogens is 1. The fraction of sp³-hybridized carbons (Fsp3) is 0.267.